The molecule has 24 heavy (non-hydrogen) atoms. The Morgan fingerprint density at radius 3 is 2.67 bits per heavy atom. The van der Waals surface area contributed by atoms with E-state index in [2.05, 4.69) is 28.5 Å². The van der Waals surface area contributed by atoms with E-state index in [-0.39, 0.29) is 6.04 Å². The molecule has 0 bridgehead atoms. The van der Waals surface area contributed by atoms with Crippen LogP contribution in [-0.2, 0) is 17.2 Å². The molecule has 0 amide bonds. The molecule has 0 saturated heterocycles. The maximum Gasteiger partial charge on any atom is 0.118 e. The van der Waals surface area contributed by atoms with E-state index >= 15 is 0 Å². The Morgan fingerprint density at radius 1 is 1.17 bits per heavy atom. The van der Waals surface area contributed by atoms with Crippen LogP contribution in [0.4, 0.5) is 0 Å². The Balaban J connectivity index is 1.82. The van der Waals surface area contributed by atoms with Gasteiger partial charge in [-0.2, -0.15) is 0 Å². The van der Waals surface area contributed by atoms with E-state index in [4.69, 9.17) is 4.74 Å². The first-order chi connectivity index (χ1) is 11.7. The molecule has 2 atom stereocenters. The lowest BCUT2D eigenvalue weighted by Gasteiger charge is -2.25. The van der Waals surface area contributed by atoms with E-state index in [0.717, 1.165) is 29.1 Å². The molecule has 3 aromatic rings. The topological polar surface area (TPSA) is 54.1 Å². The van der Waals surface area contributed by atoms with Gasteiger partial charge in [0.1, 0.15) is 5.75 Å². The van der Waals surface area contributed by atoms with Gasteiger partial charge in [-0.3, -0.25) is 4.21 Å². The first-order valence-electron chi connectivity index (χ1n) is 8.02. The van der Waals surface area contributed by atoms with Crippen molar-refractivity contribution in [2.24, 2.45) is 0 Å². The van der Waals surface area contributed by atoms with Crippen LogP contribution in [0.1, 0.15) is 22.9 Å². The van der Waals surface area contributed by atoms with Crippen LogP contribution in [0.15, 0.2) is 47.4 Å². The third kappa shape index (κ3) is 2.54. The zero-order valence-electron chi connectivity index (χ0n) is 13.8. The van der Waals surface area contributed by atoms with Crippen molar-refractivity contribution in [1.29, 1.82) is 0 Å². The molecule has 124 valence electrons. The van der Waals surface area contributed by atoms with Gasteiger partial charge in [-0.25, -0.2) is 0 Å². The predicted molar refractivity (Wildman–Crippen MR) is 97.2 cm³/mol. The van der Waals surface area contributed by atoms with Crippen LogP contribution in [0.3, 0.4) is 0 Å². The van der Waals surface area contributed by atoms with Gasteiger partial charge in [0.15, 0.2) is 0 Å². The molecule has 5 heteroatoms. The quantitative estimate of drug-likeness (QED) is 0.770. The second kappa shape index (κ2) is 6.07. The van der Waals surface area contributed by atoms with Crippen LogP contribution >= 0.6 is 0 Å². The van der Waals surface area contributed by atoms with Gasteiger partial charge in [0, 0.05) is 45.1 Å². The minimum Gasteiger partial charge on any atom is -0.497 e. The average Bonchev–Trinajstić information content (AvgIpc) is 2.99. The van der Waals surface area contributed by atoms with E-state index in [1.165, 1.54) is 22.2 Å². The van der Waals surface area contributed by atoms with Gasteiger partial charge in [-0.05, 0) is 47.9 Å². The van der Waals surface area contributed by atoms with E-state index in [9.17, 15) is 4.21 Å². The molecule has 1 aromatic heterocycles. The monoisotopic (exact) mass is 340 g/mol. The van der Waals surface area contributed by atoms with Crippen molar-refractivity contribution in [2.45, 2.75) is 17.4 Å². The average molecular weight is 340 g/mol. The summed E-state index contributed by atoms with van der Waals surface area (Å²) in [6.07, 6.45) is 2.70. The maximum absolute atomic E-state index is 11.8. The highest BCUT2D eigenvalue weighted by Gasteiger charge is 2.25. The summed E-state index contributed by atoms with van der Waals surface area (Å²) in [5, 5.41) is 4.79. The summed E-state index contributed by atoms with van der Waals surface area (Å²) in [7, 11) is 0.718. The van der Waals surface area contributed by atoms with Gasteiger partial charge >= 0.3 is 0 Å². The molecule has 0 aliphatic carbocycles. The van der Waals surface area contributed by atoms with Crippen LogP contribution in [-0.4, -0.2) is 29.1 Å². The Morgan fingerprint density at radius 2 is 1.96 bits per heavy atom. The molecule has 2 heterocycles. The summed E-state index contributed by atoms with van der Waals surface area (Å²) >= 11 is 0. The van der Waals surface area contributed by atoms with Gasteiger partial charge in [0.2, 0.25) is 0 Å². The molecule has 2 N–H and O–H groups in total. The molecular formula is C19H20N2O2S. The van der Waals surface area contributed by atoms with Crippen molar-refractivity contribution < 1.29 is 8.95 Å². The SMILES string of the molecule is COc1ccc(C2NCCc3c2[nH]c2ccc(S(C)=O)cc32)cc1. The molecular weight excluding hydrogens is 320 g/mol. The van der Waals surface area contributed by atoms with Crippen molar-refractivity contribution in [3.05, 3.63) is 59.3 Å². The van der Waals surface area contributed by atoms with E-state index in [1.807, 2.05) is 24.3 Å². The molecule has 2 aromatic carbocycles. The highest BCUT2D eigenvalue weighted by atomic mass is 32.2. The van der Waals surface area contributed by atoms with Crippen LogP contribution in [0, 0.1) is 0 Å². The molecule has 2 unspecified atom stereocenters. The highest BCUT2D eigenvalue weighted by molar-refractivity contribution is 7.84. The number of aromatic amines is 1. The summed E-state index contributed by atoms with van der Waals surface area (Å²) in [5.74, 6) is 0.862. The van der Waals surface area contributed by atoms with Gasteiger partial charge < -0.3 is 15.0 Å². The summed E-state index contributed by atoms with van der Waals surface area (Å²) < 4.78 is 17.1. The second-order valence-electron chi connectivity index (χ2n) is 6.09. The van der Waals surface area contributed by atoms with Crippen LogP contribution in [0.5, 0.6) is 5.75 Å². The standard InChI is InChI=1S/C19H20N2O2S/c1-23-13-5-3-12(4-6-13)18-19-15(9-10-20-18)16-11-14(24(2)22)7-8-17(16)21-19/h3-8,11,18,20-21H,9-10H2,1-2H3. The third-order valence-electron chi connectivity index (χ3n) is 4.70. The van der Waals surface area contributed by atoms with E-state index < -0.39 is 10.8 Å². The lowest BCUT2D eigenvalue weighted by atomic mass is 9.94. The Kier molecular flexibility index (Phi) is 3.90. The van der Waals surface area contributed by atoms with Crippen molar-refractivity contribution in [1.82, 2.24) is 10.3 Å². The molecule has 0 spiro atoms. The molecule has 0 radical (unpaired) electrons. The lowest BCUT2D eigenvalue weighted by molar-refractivity contribution is 0.414. The minimum absolute atomic E-state index is 0.141. The van der Waals surface area contributed by atoms with Crippen molar-refractivity contribution in [2.75, 3.05) is 19.9 Å². The van der Waals surface area contributed by atoms with E-state index in [1.54, 1.807) is 13.4 Å². The molecule has 0 saturated carbocycles. The first-order valence-corrected chi connectivity index (χ1v) is 9.58. The number of ether oxygens (including phenoxy) is 1. The molecule has 1 aliphatic rings. The second-order valence-corrected chi connectivity index (χ2v) is 7.47. The van der Waals surface area contributed by atoms with Crippen molar-refractivity contribution in [3.63, 3.8) is 0 Å². The fourth-order valence-electron chi connectivity index (χ4n) is 3.47. The number of nitrogens with one attached hydrogen (secondary N) is 2. The summed E-state index contributed by atoms with van der Waals surface area (Å²) in [4.78, 5) is 4.45. The molecule has 4 rings (SSSR count). The summed E-state index contributed by atoms with van der Waals surface area (Å²) in [6.45, 7) is 0.927. The summed E-state index contributed by atoms with van der Waals surface area (Å²) in [6, 6.07) is 14.4. The summed E-state index contributed by atoms with van der Waals surface area (Å²) in [5.41, 5.74) is 4.86. The number of rotatable bonds is 3. The predicted octanol–water partition coefficient (Wildman–Crippen LogP) is 3.15. The van der Waals surface area contributed by atoms with Crippen LogP contribution in [0.25, 0.3) is 10.9 Å². The largest absolute Gasteiger partial charge is 0.497 e. The lowest BCUT2D eigenvalue weighted by Crippen LogP contribution is -2.30. The zero-order valence-corrected chi connectivity index (χ0v) is 14.6. The van der Waals surface area contributed by atoms with Gasteiger partial charge in [0.25, 0.3) is 0 Å². The Labute approximate surface area is 143 Å². The van der Waals surface area contributed by atoms with Gasteiger partial charge in [-0.15, -0.1) is 0 Å². The normalized spacial score (nSPS) is 18.3. The molecule has 0 fully saturated rings. The number of hydrogen-bond donors (Lipinski definition) is 2. The van der Waals surface area contributed by atoms with Crippen molar-refractivity contribution in [3.8, 4) is 5.75 Å². The fraction of sp³-hybridized carbons (Fsp3) is 0.263. The Hall–Kier alpha value is -2.11. The van der Waals surface area contributed by atoms with Crippen LogP contribution < -0.4 is 10.1 Å². The number of H-pyrrole nitrogens is 1. The number of hydrogen-bond acceptors (Lipinski definition) is 3. The zero-order chi connectivity index (χ0) is 16.7. The van der Waals surface area contributed by atoms with Crippen LogP contribution in [0.2, 0.25) is 0 Å². The fourth-order valence-corrected chi connectivity index (χ4v) is 4.01. The minimum atomic E-state index is -0.962. The smallest absolute Gasteiger partial charge is 0.118 e. The molecule has 4 nitrogen and oxygen atoms in total. The highest BCUT2D eigenvalue weighted by Crippen LogP contribution is 2.34. The number of benzene rings is 2. The maximum atomic E-state index is 11.8. The van der Waals surface area contributed by atoms with Gasteiger partial charge in [0.05, 0.1) is 13.2 Å². The number of fused-ring (bicyclic) bond motifs is 3. The van der Waals surface area contributed by atoms with Gasteiger partial charge in [-0.1, -0.05) is 12.1 Å². The van der Waals surface area contributed by atoms with Crippen molar-refractivity contribution >= 4 is 21.7 Å². The third-order valence-corrected chi connectivity index (χ3v) is 5.62. The first kappa shape index (κ1) is 15.4. The Bertz CT molecular complexity index is 915. The molecule has 1 aliphatic heterocycles. The van der Waals surface area contributed by atoms with E-state index in [0.29, 0.717) is 0 Å². The number of methoxy groups -OCH3 is 1. The number of aromatic nitrogens is 1.